The molecule has 7 rings (SSSR count). The van der Waals surface area contributed by atoms with Gasteiger partial charge in [0, 0.05) is 23.3 Å². The van der Waals surface area contributed by atoms with Crippen molar-refractivity contribution in [3.63, 3.8) is 0 Å². The van der Waals surface area contributed by atoms with Gasteiger partial charge in [-0.1, -0.05) is 6.92 Å². The van der Waals surface area contributed by atoms with Crippen LogP contribution >= 0.6 is 0 Å². The molecule has 2 saturated heterocycles. The van der Waals surface area contributed by atoms with Gasteiger partial charge in [0.2, 0.25) is 12.1 Å². The van der Waals surface area contributed by atoms with Crippen LogP contribution in [0.15, 0.2) is 11.6 Å². The van der Waals surface area contributed by atoms with Crippen LogP contribution < -0.4 is 0 Å². The maximum absolute atomic E-state index is 13.1. The third-order valence-electron chi connectivity index (χ3n) is 12.1. The van der Waals surface area contributed by atoms with Crippen molar-refractivity contribution in [3.05, 3.63) is 11.6 Å². The van der Waals surface area contributed by atoms with E-state index < -0.39 is 35.3 Å². The quantitative estimate of drug-likeness (QED) is 0.278. The Hall–Kier alpha value is -1.36. The maximum Gasteiger partial charge on any atom is 0.331 e. The number of rotatable bonds is 2. The number of hydrogen-bond donors (Lipinski definition) is 3. The summed E-state index contributed by atoms with van der Waals surface area (Å²) in [5, 5.41) is 34.4. The number of ether oxygens (including phenoxy) is 4. The van der Waals surface area contributed by atoms with Crippen LogP contribution in [0.4, 0.5) is 0 Å². The van der Waals surface area contributed by atoms with Gasteiger partial charge in [0.15, 0.2) is 0 Å². The van der Waals surface area contributed by atoms with Gasteiger partial charge in [-0.2, -0.15) is 0 Å². The molecule has 0 radical (unpaired) electrons. The van der Waals surface area contributed by atoms with E-state index in [-0.39, 0.29) is 53.7 Å². The highest BCUT2D eigenvalue weighted by molar-refractivity contribution is 5.85. The van der Waals surface area contributed by atoms with Crippen LogP contribution in [0.3, 0.4) is 0 Å². The zero-order chi connectivity index (χ0) is 26.7. The molecule has 0 aromatic heterocycles. The van der Waals surface area contributed by atoms with Crippen molar-refractivity contribution in [1.82, 2.24) is 0 Å². The molecule has 7 aliphatic rings. The van der Waals surface area contributed by atoms with Gasteiger partial charge in [-0.05, 0) is 87.5 Å². The SMILES string of the molecule is C[C@@H]1C[C@@H](O)[C@]2(O)O[C@@H]3C[C@@]4(C=O)[C@H](CC[C@@H]5[C@@H]4CC[C@]4(C)[C@@H](C6=CC(=O)OC6)CC[C@]54O)C[C@H]3O[C@@H]2O1. The second-order valence-corrected chi connectivity index (χ2v) is 13.6. The first-order valence-electron chi connectivity index (χ1n) is 14.5. The largest absolute Gasteiger partial charge is 0.458 e. The van der Waals surface area contributed by atoms with Crippen LogP contribution in [0.1, 0.15) is 71.6 Å². The third-order valence-corrected chi connectivity index (χ3v) is 12.1. The minimum Gasteiger partial charge on any atom is -0.458 e. The Morgan fingerprint density at radius 3 is 2.58 bits per heavy atom. The third kappa shape index (κ3) is 3.20. The van der Waals surface area contributed by atoms with E-state index in [9.17, 15) is 24.9 Å². The summed E-state index contributed by atoms with van der Waals surface area (Å²) >= 11 is 0. The van der Waals surface area contributed by atoms with E-state index in [2.05, 4.69) is 6.92 Å². The summed E-state index contributed by atoms with van der Waals surface area (Å²) in [4.78, 5) is 24.9. The number of hydrogen-bond acceptors (Lipinski definition) is 9. The summed E-state index contributed by atoms with van der Waals surface area (Å²) in [6.07, 6.45) is 5.34. The van der Waals surface area contributed by atoms with Crippen molar-refractivity contribution in [2.24, 2.45) is 34.5 Å². The molecule has 0 aromatic rings. The van der Waals surface area contributed by atoms with Crippen LogP contribution in [0.25, 0.3) is 0 Å². The number of cyclic esters (lactones) is 1. The van der Waals surface area contributed by atoms with Gasteiger partial charge in [0.05, 0.1) is 23.9 Å². The molecule has 3 N–H and O–H groups in total. The minimum atomic E-state index is -1.96. The van der Waals surface area contributed by atoms with E-state index in [1.807, 2.05) is 6.92 Å². The molecular formula is C29H40O9. The Morgan fingerprint density at radius 2 is 1.84 bits per heavy atom. The van der Waals surface area contributed by atoms with Crippen molar-refractivity contribution in [2.75, 3.05) is 6.61 Å². The molecule has 210 valence electrons. The van der Waals surface area contributed by atoms with E-state index >= 15 is 0 Å². The summed E-state index contributed by atoms with van der Waals surface area (Å²) in [5.41, 5.74) is -1.01. The highest BCUT2D eigenvalue weighted by Gasteiger charge is 2.70. The summed E-state index contributed by atoms with van der Waals surface area (Å²) in [5.74, 6) is -2.11. The maximum atomic E-state index is 13.1. The number of aldehydes is 1. The number of carbonyl (C=O) groups excluding carboxylic acids is 2. The number of aliphatic hydroxyl groups excluding tert-OH is 1. The summed E-state index contributed by atoms with van der Waals surface area (Å²) in [6.45, 7) is 4.31. The molecular weight excluding hydrogens is 492 g/mol. The zero-order valence-electron chi connectivity index (χ0n) is 22.2. The predicted molar refractivity (Wildman–Crippen MR) is 131 cm³/mol. The van der Waals surface area contributed by atoms with Crippen LogP contribution in [0, 0.1) is 34.5 Å². The van der Waals surface area contributed by atoms with E-state index in [1.54, 1.807) is 6.08 Å². The zero-order valence-corrected chi connectivity index (χ0v) is 22.2. The van der Waals surface area contributed by atoms with Crippen molar-refractivity contribution >= 4 is 12.3 Å². The predicted octanol–water partition coefficient (Wildman–Crippen LogP) is 2.00. The smallest absolute Gasteiger partial charge is 0.331 e. The van der Waals surface area contributed by atoms with E-state index in [0.717, 1.165) is 44.0 Å². The molecule has 38 heavy (non-hydrogen) atoms. The van der Waals surface area contributed by atoms with Crippen LogP contribution in [0.2, 0.25) is 0 Å². The number of carbonyl (C=O) groups is 2. The average Bonchev–Trinajstić information content (AvgIpc) is 3.42. The number of aliphatic hydroxyl groups is 3. The molecule has 0 unspecified atom stereocenters. The van der Waals surface area contributed by atoms with Gasteiger partial charge in [0.25, 0.3) is 0 Å². The standard InChI is InChI=1S/C29H40O9/c1-15-9-23(31)29(34)25(36-15)37-21-11-17-3-4-20-19(27(17,14-30)12-22(21)38-29)5-7-26(2)18(6-8-28(20,26)33)16-10-24(32)35-13-16/h10,14-15,17-23,25,31,33-34H,3-9,11-13H2,1-2H3/t15-,17-,18-,19+,20-,21-,22-,23-,25+,26-,27-,28+,29+/m1/s1. The lowest BCUT2D eigenvalue weighted by atomic mass is 9.42. The van der Waals surface area contributed by atoms with Crippen molar-refractivity contribution < 1.29 is 43.9 Å². The van der Waals surface area contributed by atoms with Gasteiger partial charge in [-0.15, -0.1) is 0 Å². The summed E-state index contributed by atoms with van der Waals surface area (Å²) in [6, 6.07) is 0. The molecule has 0 aromatic carbocycles. The Kier molecular flexibility index (Phi) is 5.61. The lowest BCUT2D eigenvalue weighted by molar-refractivity contribution is -0.457. The molecule has 3 aliphatic heterocycles. The lowest BCUT2D eigenvalue weighted by Crippen LogP contribution is -2.71. The molecule has 4 aliphatic carbocycles. The highest BCUT2D eigenvalue weighted by Crippen LogP contribution is 2.70. The fourth-order valence-corrected chi connectivity index (χ4v) is 10.2. The first-order chi connectivity index (χ1) is 18.0. The monoisotopic (exact) mass is 532 g/mol. The average molecular weight is 533 g/mol. The molecule has 0 bridgehead atoms. The molecule has 0 amide bonds. The first kappa shape index (κ1) is 25.6. The Balaban J connectivity index is 1.18. The fourth-order valence-electron chi connectivity index (χ4n) is 10.2. The molecule has 4 saturated carbocycles. The van der Waals surface area contributed by atoms with Gasteiger partial charge >= 0.3 is 5.97 Å². The van der Waals surface area contributed by atoms with E-state index in [4.69, 9.17) is 18.9 Å². The number of esters is 1. The minimum absolute atomic E-state index is 0.00418. The second-order valence-electron chi connectivity index (χ2n) is 13.6. The van der Waals surface area contributed by atoms with Crippen LogP contribution in [0.5, 0.6) is 0 Å². The molecule has 3 heterocycles. The first-order valence-corrected chi connectivity index (χ1v) is 14.5. The summed E-state index contributed by atoms with van der Waals surface area (Å²) in [7, 11) is 0. The highest BCUT2D eigenvalue weighted by atomic mass is 16.8. The molecule has 9 heteroatoms. The normalized spacial score (nSPS) is 57.4. The lowest BCUT2D eigenvalue weighted by Gasteiger charge is -2.64. The van der Waals surface area contributed by atoms with Crippen molar-refractivity contribution in [2.45, 2.75) is 114 Å². The van der Waals surface area contributed by atoms with E-state index in [1.165, 1.54) is 0 Å². The van der Waals surface area contributed by atoms with E-state index in [0.29, 0.717) is 25.9 Å². The van der Waals surface area contributed by atoms with Gasteiger partial charge in [-0.3, -0.25) is 0 Å². The Labute approximate surface area is 222 Å². The summed E-state index contributed by atoms with van der Waals surface area (Å²) < 4.78 is 23.5. The Bertz CT molecular complexity index is 1060. The number of fused-ring (bicyclic) bond motifs is 7. The Morgan fingerprint density at radius 1 is 1.03 bits per heavy atom. The van der Waals surface area contributed by atoms with Crippen molar-refractivity contribution in [1.29, 1.82) is 0 Å². The molecule has 0 spiro atoms. The van der Waals surface area contributed by atoms with Gasteiger partial charge in [-0.25, -0.2) is 4.79 Å². The molecule has 13 atom stereocenters. The van der Waals surface area contributed by atoms with Crippen molar-refractivity contribution in [3.8, 4) is 0 Å². The topological polar surface area (TPSA) is 132 Å². The fraction of sp³-hybridized carbons (Fsp3) is 0.862. The van der Waals surface area contributed by atoms with Crippen LogP contribution in [-0.4, -0.2) is 76.3 Å². The van der Waals surface area contributed by atoms with Crippen LogP contribution in [-0.2, 0) is 28.5 Å². The second kappa shape index (κ2) is 8.33. The molecule has 9 nitrogen and oxygen atoms in total. The molecule has 6 fully saturated rings. The van der Waals surface area contributed by atoms with Gasteiger partial charge < -0.3 is 39.1 Å². The van der Waals surface area contributed by atoms with Gasteiger partial charge in [0.1, 0.15) is 19.0 Å².